The van der Waals surface area contributed by atoms with E-state index in [0.29, 0.717) is 50.8 Å². The average molecular weight is 485 g/mol. The number of H-pyrrole nitrogens is 1. The summed E-state index contributed by atoms with van der Waals surface area (Å²) in [6.07, 6.45) is 3.90. The fourth-order valence-electron chi connectivity index (χ4n) is 4.02. The quantitative estimate of drug-likeness (QED) is 0.328. The Morgan fingerprint density at radius 2 is 1.67 bits per heavy atom. The molecule has 9 heteroatoms. The molecule has 0 atom stereocenters. The van der Waals surface area contributed by atoms with Gasteiger partial charge < -0.3 is 15.2 Å². The highest BCUT2D eigenvalue weighted by atomic mass is 35.5. The highest BCUT2D eigenvalue weighted by Gasteiger charge is 2.20. The Kier molecular flexibility index (Phi) is 6.33. The van der Waals surface area contributed by atoms with E-state index in [1.165, 1.54) is 6.42 Å². The molecule has 2 aromatic carbocycles. The molecule has 1 saturated heterocycles. The molecular formula is C24H23Cl2FN6. The lowest BCUT2D eigenvalue weighted by atomic mass is 10.1. The summed E-state index contributed by atoms with van der Waals surface area (Å²) in [6, 6.07) is 12.6. The molecule has 170 valence electrons. The highest BCUT2D eigenvalue weighted by Crippen LogP contribution is 2.30. The zero-order valence-corrected chi connectivity index (χ0v) is 19.4. The lowest BCUT2D eigenvalue weighted by Crippen LogP contribution is -2.31. The number of aromatic amines is 1. The van der Waals surface area contributed by atoms with Gasteiger partial charge in [0.2, 0.25) is 5.95 Å². The molecule has 1 fully saturated rings. The van der Waals surface area contributed by atoms with Crippen LogP contribution in [0.2, 0.25) is 10.0 Å². The molecule has 3 heterocycles. The van der Waals surface area contributed by atoms with Gasteiger partial charge in [-0.25, -0.2) is 9.37 Å². The molecule has 5 rings (SSSR count). The lowest BCUT2D eigenvalue weighted by molar-refractivity contribution is 0.485. The van der Waals surface area contributed by atoms with Gasteiger partial charge in [0.05, 0.1) is 0 Å². The number of piperidine rings is 1. The summed E-state index contributed by atoms with van der Waals surface area (Å²) in [5.41, 5.74) is 3.51. The molecule has 2 N–H and O–H groups in total. The number of anilines is 3. The van der Waals surface area contributed by atoms with E-state index in [4.69, 9.17) is 38.2 Å². The summed E-state index contributed by atoms with van der Waals surface area (Å²) >= 11 is 12.7. The summed E-state index contributed by atoms with van der Waals surface area (Å²) < 4.78 is 12.9. The van der Waals surface area contributed by atoms with E-state index in [9.17, 15) is 4.39 Å². The normalized spacial score (nSPS) is 14.1. The fourth-order valence-corrected chi connectivity index (χ4v) is 4.56. The van der Waals surface area contributed by atoms with Crippen LogP contribution in [0.4, 0.5) is 21.8 Å². The topological polar surface area (TPSA) is 69.7 Å². The second-order valence-corrected chi connectivity index (χ2v) is 8.95. The Morgan fingerprint density at radius 3 is 2.36 bits per heavy atom. The van der Waals surface area contributed by atoms with Crippen molar-refractivity contribution in [2.24, 2.45) is 0 Å². The van der Waals surface area contributed by atoms with Crippen molar-refractivity contribution < 1.29 is 4.39 Å². The number of hydrogen-bond donors (Lipinski definition) is 2. The molecule has 0 bridgehead atoms. The molecule has 2 aromatic heterocycles. The third-order valence-electron chi connectivity index (χ3n) is 5.80. The third kappa shape index (κ3) is 4.75. The van der Waals surface area contributed by atoms with E-state index in [-0.39, 0.29) is 0 Å². The molecule has 0 radical (unpaired) electrons. The summed E-state index contributed by atoms with van der Waals surface area (Å²) in [7, 11) is 0. The minimum absolute atomic E-state index is 0.443. The van der Waals surface area contributed by atoms with Crippen LogP contribution in [-0.2, 0) is 13.1 Å². The SMILES string of the molecule is FCc1ccc(Nc2nc(N3CCCCC3)nc3[nH]c(Cc4c(Cl)cccc4Cl)nc23)cc1. The Morgan fingerprint density at radius 1 is 0.939 bits per heavy atom. The van der Waals surface area contributed by atoms with Crippen molar-refractivity contribution in [2.45, 2.75) is 32.4 Å². The number of rotatable bonds is 6. The highest BCUT2D eigenvalue weighted by molar-refractivity contribution is 6.36. The largest absolute Gasteiger partial charge is 0.341 e. The molecule has 0 saturated carbocycles. The van der Waals surface area contributed by atoms with E-state index in [2.05, 4.69) is 15.2 Å². The fraction of sp³-hybridized carbons (Fsp3) is 0.292. The average Bonchev–Trinajstić information content (AvgIpc) is 3.25. The number of hydrogen-bond acceptors (Lipinski definition) is 5. The number of nitrogens with zero attached hydrogens (tertiary/aromatic N) is 4. The molecule has 0 unspecified atom stereocenters. The zero-order valence-electron chi connectivity index (χ0n) is 17.9. The van der Waals surface area contributed by atoms with Crippen LogP contribution >= 0.6 is 23.2 Å². The third-order valence-corrected chi connectivity index (χ3v) is 6.51. The van der Waals surface area contributed by atoms with Gasteiger partial charge in [0.25, 0.3) is 0 Å². The van der Waals surface area contributed by atoms with Crippen molar-refractivity contribution in [3.8, 4) is 0 Å². The number of fused-ring (bicyclic) bond motifs is 1. The molecule has 1 aliphatic rings. The number of alkyl halides is 1. The van der Waals surface area contributed by atoms with Crippen molar-refractivity contribution in [3.05, 3.63) is 69.5 Å². The lowest BCUT2D eigenvalue weighted by Gasteiger charge is -2.26. The monoisotopic (exact) mass is 484 g/mol. The molecule has 6 nitrogen and oxygen atoms in total. The van der Waals surface area contributed by atoms with E-state index in [1.54, 1.807) is 12.1 Å². The van der Waals surface area contributed by atoms with Gasteiger partial charge in [-0.3, -0.25) is 0 Å². The molecular weight excluding hydrogens is 462 g/mol. The first-order valence-electron chi connectivity index (χ1n) is 11.0. The second kappa shape index (κ2) is 9.53. The van der Waals surface area contributed by atoms with Crippen LogP contribution in [-0.4, -0.2) is 33.0 Å². The number of benzene rings is 2. The van der Waals surface area contributed by atoms with Crippen molar-refractivity contribution in [3.63, 3.8) is 0 Å². The van der Waals surface area contributed by atoms with Gasteiger partial charge in [-0.1, -0.05) is 41.4 Å². The van der Waals surface area contributed by atoms with Crippen molar-refractivity contribution >= 4 is 51.8 Å². The predicted octanol–water partition coefficient (Wildman–Crippen LogP) is 6.45. The van der Waals surface area contributed by atoms with Crippen LogP contribution in [0.25, 0.3) is 11.2 Å². The number of imidazole rings is 1. The zero-order chi connectivity index (χ0) is 22.8. The standard InChI is InChI=1S/C24H23Cl2FN6/c25-18-5-4-6-19(26)17(18)13-20-29-21-22(28-16-9-7-15(14-27)8-10-16)31-24(32-23(21)30-20)33-11-2-1-3-12-33/h4-10H,1-3,11-14H2,(H2,28,29,30,31,32). The summed E-state index contributed by atoms with van der Waals surface area (Å²) in [6.45, 7) is 1.35. The van der Waals surface area contributed by atoms with Gasteiger partial charge >= 0.3 is 0 Å². The van der Waals surface area contributed by atoms with Crippen LogP contribution in [0.5, 0.6) is 0 Å². The molecule has 33 heavy (non-hydrogen) atoms. The molecule has 0 amide bonds. The van der Waals surface area contributed by atoms with Crippen LogP contribution in [0, 0.1) is 0 Å². The molecule has 0 aliphatic carbocycles. The van der Waals surface area contributed by atoms with Gasteiger partial charge in [-0.2, -0.15) is 9.97 Å². The summed E-state index contributed by atoms with van der Waals surface area (Å²) in [5.74, 6) is 1.96. The Hall–Kier alpha value is -2.90. The maximum atomic E-state index is 12.9. The smallest absolute Gasteiger partial charge is 0.229 e. The van der Waals surface area contributed by atoms with Gasteiger partial charge in [0.1, 0.15) is 12.5 Å². The Labute approximate surface area is 201 Å². The maximum absolute atomic E-state index is 12.9. The molecule has 1 aliphatic heterocycles. The minimum Gasteiger partial charge on any atom is -0.341 e. The van der Waals surface area contributed by atoms with Crippen molar-refractivity contribution in [1.82, 2.24) is 19.9 Å². The van der Waals surface area contributed by atoms with Gasteiger partial charge in [-0.15, -0.1) is 0 Å². The predicted molar refractivity (Wildman–Crippen MR) is 132 cm³/mol. The van der Waals surface area contributed by atoms with Crippen LogP contribution in [0.3, 0.4) is 0 Å². The van der Waals surface area contributed by atoms with Gasteiger partial charge in [-0.05, 0) is 54.7 Å². The molecule has 4 aromatic rings. The van der Waals surface area contributed by atoms with E-state index >= 15 is 0 Å². The van der Waals surface area contributed by atoms with E-state index < -0.39 is 6.67 Å². The van der Waals surface area contributed by atoms with Crippen LogP contribution in [0.1, 0.15) is 36.2 Å². The number of nitrogens with one attached hydrogen (secondary N) is 2. The van der Waals surface area contributed by atoms with Crippen LogP contribution < -0.4 is 10.2 Å². The summed E-state index contributed by atoms with van der Waals surface area (Å²) in [5, 5.41) is 4.53. The van der Waals surface area contributed by atoms with Gasteiger partial charge in [0.15, 0.2) is 17.0 Å². The van der Waals surface area contributed by atoms with E-state index in [1.807, 2.05) is 30.3 Å². The Bertz CT molecular complexity index is 1250. The molecule has 0 spiro atoms. The first-order valence-corrected chi connectivity index (χ1v) is 11.7. The minimum atomic E-state index is -0.496. The van der Waals surface area contributed by atoms with Gasteiger partial charge in [0, 0.05) is 35.2 Å². The Balaban J connectivity index is 1.54. The number of aromatic nitrogens is 4. The summed E-state index contributed by atoms with van der Waals surface area (Å²) in [4.78, 5) is 19.9. The maximum Gasteiger partial charge on any atom is 0.229 e. The second-order valence-electron chi connectivity index (χ2n) is 8.13. The van der Waals surface area contributed by atoms with Crippen LogP contribution in [0.15, 0.2) is 42.5 Å². The first-order chi connectivity index (χ1) is 16.1. The van der Waals surface area contributed by atoms with Crippen molar-refractivity contribution in [1.29, 1.82) is 0 Å². The first kappa shape index (κ1) is 21.9. The van der Waals surface area contributed by atoms with E-state index in [0.717, 1.165) is 37.2 Å². The number of halogens is 3. The van der Waals surface area contributed by atoms with Crippen molar-refractivity contribution in [2.75, 3.05) is 23.3 Å².